The highest BCUT2D eigenvalue weighted by molar-refractivity contribution is 4.87. The van der Waals surface area contributed by atoms with Crippen molar-refractivity contribution in [3.8, 4) is 0 Å². The number of rotatable bonds is 3. The van der Waals surface area contributed by atoms with E-state index in [2.05, 4.69) is 11.8 Å². The van der Waals surface area contributed by atoms with Crippen molar-refractivity contribution in [2.45, 2.75) is 13.3 Å². The summed E-state index contributed by atoms with van der Waals surface area (Å²) < 4.78 is 0. The van der Waals surface area contributed by atoms with E-state index in [1.807, 2.05) is 6.92 Å². The van der Waals surface area contributed by atoms with Gasteiger partial charge in [-0.15, -0.1) is 6.58 Å². The molecular formula is C5H9NO. The van der Waals surface area contributed by atoms with Crippen LogP contribution in [0.3, 0.4) is 0 Å². The lowest BCUT2D eigenvalue weighted by atomic mass is 10.2. The van der Waals surface area contributed by atoms with Crippen LogP contribution in [0.2, 0.25) is 0 Å². The SMILES string of the molecule is C=C(C)CCN=O. The molecule has 0 heterocycles. The normalized spacial score (nSPS) is 8.14. The minimum absolute atomic E-state index is 0.370. The molecule has 2 nitrogen and oxygen atoms in total. The van der Waals surface area contributed by atoms with Gasteiger partial charge in [0.1, 0.15) is 0 Å². The van der Waals surface area contributed by atoms with Gasteiger partial charge in [-0.25, -0.2) is 0 Å². The largest absolute Gasteiger partial charge is 0.151 e. The van der Waals surface area contributed by atoms with E-state index in [0.29, 0.717) is 6.54 Å². The molecule has 0 aromatic heterocycles. The fourth-order valence-corrected chi connectivity index (χ4v) is 0.237. The third kappa shape index (κ3) is 5.34. The molecule has 0 bridgehead atoms. The zero-order chi connectivity index (χ0) is 5.70. The third-order valence-corrected chi connectivity index (χ3v) is 0.630. The number of hydrogen-bond donors (Lipinski definition) is 0. The average molecular weight is 99.1 g/mol. The first-order chi connectivity index (χ1) is 3.27. The number of nitrogens with zero attached hydrogens (tertiary/aromatic N) is 1. The van der Waals surface area contributed by atoms with Crippen LogP contribution in [0.1, 0.15) is 13.3 Å². The predicted molar refractivity (Wildman–Crippen MR) is 30.1 cm³/mol. The Hall–Kier alpha value is -0.660. The van der Waals surface area contributed by atoms with Gasteiger partial charge in [0.25, 0.3) is 0 Å². The predicted octanol–water partition coefficient (Wildman–Crippen LogP) is 1.72. The van der Waals surface area contributed by atoms with Crippen molar-refractivity contribution in [1.29, 1.82) is 0 Å². The monoisotopic (exact) mass is 99.1 g/mol. The highest BCUT2D eigenvalue weighted by Crippen LogP contribution is 1.92. The molecule has 7 heavy (non-hydrogen) atoms. The van der Waals surface area contributed by atoms with Gasteiger partial charge >= 0.3 is 0 Å². The quantitative estimate of drug-likeness (QED) is 0.391. The first kappa shape index (κ1) is 6.34. The molecule has 0 aliphatic heterocycles. The van der Waals surface area contributed by atoms with Gasteiger partial charge in [0, 0.05) is 0 Å². The molecule has 0 N–H and O–H groups in total. The maximum Gasteiger partial charge on any atom is 0.0848 e. The highest BCUT2D eigenvalue weighted by Gasteiger charge is 1.81. The summed E-state index contributed by atoms with van der Waals surface area (Å²) in [5.74, 6) is 0. The van der Waals surface area contributed by atoms with E-state index in [9.17, 15) is 4.91 Å². The second kappa shape index (κ2) is 3.53. The molecule has 0 fully saturated rings. The Kier molecular flexibility index (Phi) is 3.19. The fourth-order valence-electron chi connectivity index (χ4n) is 0.237. The van der Waals surface area contributed by atoms with Gasteiger partial charge in [0.15, 0.2) is 0 Å². The van der Waals surface area contributed by atoms with Crippen molar-refractivity contribution in [1.82, 2.24) is 0 Å². The maximum atomic E-state index is 9.42. The van der Waals surface area contributed by atoms with Gasteiger partial charge in [-0.3, -0.25) is 0 Å². The van der Waals surface area contributed by atoms with E-state index in [1.165, 1.54) is 0 Å². The molecule has 0 radical (unpaired) electrons. The molecule has 0 amide bonds. The first-order valence-corrected chi connectivity index (χ1v) is 2.21. The molecule has 0 atom stereocenters. The Bertz CT molecular complexity index is 78.1. The molecule has 0 spiro atoms. The van der Waals surface area contributed by atoms with Crippen LogP contribution in [0.5, 0.6) is 0 Å². The minimum atomic E-state index is 0.370. The highest BCUT2D eigenvalue weighted by atomic mass is 16.3. The summed E-state index contributed by atoms with van der Waals surface area (Å²) in [6.45, 7) is 5.84. The van der Waals surface area contributed by atoms with Crippen molar-refractivity contribution in [2.75, 3.05) is 6.54 Å². The molecule has 0 saturated heterocycles. The summed E-state index contributed by atoms with van der Waals surface area (Å²) in [5, 5.41) is 2.66. The Morgan fingerprint density at radius 1 is 1.86 bits per heavy atom. The van der Waals surface area contributed by atoms with E-state index >= 15 is 0 Å². The molecule has 2 heteroatoms. The molecule has 0 rings (SSSR count). The Balaban J connectivity index is 2.97. The average Bonchev–Trinajstić information content (AvgIpc) is 1.61. The van der Waals surface area contributed by atoms with Gasteiger partial charge in [0.2, 0.25) is 0 Å². The summed E-state index contributed by atoms with van der Waals surface area (Å²) in [6.07, 6.45) is 0.726. The maximum absolute atomic E-state index is 9.42. The van der Waals surface area contributed by atoms with Gasteiger partial charge in [-0.1, -0.05) is 10.7 Å². The van der Waals surface area contributed by atoms with Crippen LogP contribution in [0.15, 0.2) is 17.3 Å². The van der Waals surface area contributed by atoms with E-state index in [1.54, 1.807) is 0 Å². The molecule has 0 unspecified atom stereocenters. The van der Waals surface area contributed by atoms with Crippen LogP contribution in [0.4, 0.5) is 0 Å². The van der Waals surface area contributed by atoms with Crippen molar-refractivity contribution >= 4 is 0 Å². The van der Waals surface area contributed by atoms with Crippen LogP contribution < -0.4 is 0 Å². The van der Waals surface area contributed by atoms with Crippen LogP contribution in [0.25, 0.3) is 0 Å². The number of nitroso groups, excluding NO2 is 1. The second-order valence-corrected chi connectivity index (χ2v) is 1.56. The molecule has 40 valence electrons. The summed E-state index contributed by atoms with van der Waals surface area (Å²) in [6, 6.07) is 0. The van der Waals surface area contributed by atoms with Crippen molar-refractivity contribution in [3.63, 3.8) is 0 Å². The van der Waals surface area contributed by atoms with Crippen LogP contribution in [0, 0.1) is 4.91 Å². The lowest BCUT2D eigenvalue weighted by molar-refractivity contribution is 0.947. The number of hydrogen-bond acceptors (Lipinski definition) is 2. The van der Waals surface area contributed by atoms with Gasteiger partial charge in [-0.2, -0.15) is 4.91 Å². The second-order valence-electron chi connectivity index (χ2n) is 1.56. The van der Waals surface area contributed by atoms with Gasteiger partial charge in [0.05, 0.1) is 6.54 Å². The lowest BCUT2D eigenvalue weighted by Crippen LogP contribution is -1.77. The Labute approximate surface area is 43.2 Å². The molecule has 0 aliphatic rings. The summed E-state index contributed by atoms with van der Waals surface area (Å²) in [7, 11) is 0. The molecule has 0 saturated carbocycles. The lowest BCUT2D eigenvalue weighted by Gasteiger charge is -1.86. The third-order valence-electron chi connectivity index (χ3n) is 0.630. The molecule has 0 aromatic carbocycles. The summed E-state index contributed by atoms with van der Waals surface area (Å²) >= 11 is 0. The standard InChI is InChI=1S/C5H9NO/c1-5(2)3-4-6-7/h1,3-4H2,2H3. The van der Waals surface area contributed by atoms with E-state index < -0.39 is 0 Å². The van der Waals surface area contributed by atoms with E-state index in [4.69, 9.17) is 0 Å². The molecule has 0 aliphatic carbocycles. The fraction of sp³-hybridized carbons (Fsp3) is 0.600. The van der Waals surface area contributed by atoms with Crippen LogP contribution >= 0.6 is 0 Å². The first-order valence-electron chi connectivity index (χ1n) is 2.21. The minimum Gasteiger partial charge on any atom is -0.151 e. The van der Waals surface area contributed by atoms with Crippen molar-refractivity contribution in [3.05, 3.63) is 17.1 Å². The van der Waals surface area contributed by atoms with E-state index in [0.717, 1.165) is 12.0 Å². The van der Waals surface area contributed by atoms with Crippen LogP contribution in [-0.2, 0) is 0 Å². The zero-order valence-corrected chi connectivity index (χ0v) is 4.48. The zero-order valence-electron chi connectivity index (χ0n) is 4.48. The van der Waals surface area contributed by atoms with Crippen molar-refractivity contribution < 1.29 is 0 Å². The van der Waals surface area contributed by atoms with Gasteiger partial charge in [-0.05, 0) is 13.3 Å². The van der Waals surface area contributed by atoms with Crippen molar-refractivity contribution in [2.24, 2.45) is 5.18 Å². The Morgan fingerprint density at radius 2 is 2.43 bits per heavy atom. The summed E-state index contributed by atoms with van der Waals surface area (Å²) in [4.78, 5) is 9.42. The smallest absolute Gasteiger partial charge is 0.0848 e. The molecule has 0 aromatic rings. The topological polar surface area (TPSA) is 29.4 Å². The Morgan fingerprint density at radius 3 is 2.57 bits per heavy atom. The van der Waals surface area contributed by atoms with Gasteiger partial charge < -0.3 is 0 Å². The molecular weight excluding hydrogens is 90.1 g/mol. The van der Waals surface area contributed by atoms with E-state index in [-0.39, 0.29) is 0 Å². The van der Waals surface area contributed by atoms with Crippen LogP contribution in [-0.4, -0.2) is 6.54 Å². The summed E-state index contributed by atoms with van der Waals surface area (Å²) in [5.41, 5.74) is 1.01.